The largest absolute Gasteiger partial charge is 0.465 e. The van der Waals surface area contributed by atoms with E-state index in [1.807, 2.05) is 13.8 Å². The molecule has 6 heteroatoms. The summed E-state index contributed by atoms with van der Waals surface area (Å²) in [6.45, 7) is 7.80. The van der Waals surface area contributed by atoms with Crippen LogP contribution in [0.25, 0.3) is 0 Å². The van der Waals surface area contributed by atoms with Gasteiger partial charge in [0.15, 0.2) is 0 Å². The van der Waals surface area contributed by atoms with Gasteiger partial charge < -0.3 is 10.2 Å². The maximum atomic E-state index is 12.1. The van der Waals surface area contributed by atoms with Gasteiger partial charge in [0.05, 0.1) is 0 Å². The van der Waals surface area contributed by atoms with E-state index in [-0.39, 0.29) is 17.4 Å². The maximum absolute atomic E-state index is 12.1. The SMILES string of the molecule is Cc1oc(C)c(S(=O)(=O)NCC(C)C)c1CN. The Bertz CT molecular complexity index is 489. The zero-order valence-electron chi connectivity index (χ0n) is 10.7. The molecule has 1 heterocycles. The zero-order valence-corrected chi connectivity index (χ0v) is 11.5. The number of hydrogen-bond acceptors (Lipinski definition) is 4. The van der Waals surface area contributed by atoms with E-state index >= 15 is 0 Å². The van der Waals surface area contributed by atoms with E-state index in [2.05, 4.69) is 4.72 Å². The molecule has 17 heavy (non-hydrogen) atoms. The van der Waals surface area contributed by atoms with Gasteiger partial charge in [-0.3, -0.25) is 0 Å². The molecule has 0 aliphatic heterocycles. The average molecular weight is 260 g/mol. The van der Waals surface area contributed by atoms with Crippen LogP contribution in [0.3, 0.4) is 0 Å². The van der Waals surface area contributed by atoms with Gasteiger partial charge in [0, 0.05) is 18.7 Å². The van der Waals surface area contributed by atoms with Gasteiger partial charge in [-0.15, -0.1) is 0 Å². The molecule has 0 saturated carbocycles. The molecule has 0 unspecified atom stereocenters. The molecular formula is C11H20N2O3S. The summed E-state index contributed by atoms with van der Waals surface area (Å²) in [6, 6.07) is 0. The van der Waals surface area contributed by atoms with E-state index in [1.54, 1.807) is 13.8 Å². The Morgan fingerprint density at radius 2 is 1.88 bits per heavy atom. The van der Waals surface area contributed by atoms with Crippen LogP contribution in [0.2, 0.25) is 0 Å². The zero-order chi connectivity index (χ0) is 13.2. The van der Waals surface area contributed by atoms with Gasteiger partial charge in [0.2, 0.25) is 10.0 Å². The lowest BCUT2D eigenvalue weighted by molar-refractivity contribution is 0.493. The Morgan fingerprint density at radius 1 is 1.29 bits per heavy atom. The molecule has 0 atom stereocenters. The molecule has 0 radical (unpaired) electrons. The molecule has 0 spiro atoms. The molecule has 0 saturated heterocycles. The smallest absolute Gasteiger partial charge is 0.244 e. The summed E-state index contributed by atoms with van der Waals surface area (Å²) in [5.41, 5.74) is 6.12. The summed E-state index contributed by atoms with van der Waals surface area (Å²) in [7, 11) is -3.53. The van der Waals surface area contributed by atoms with E-state index in [0.717, 1.165) is 0 Å². The molecule has 5 nitrogen and oxygen atoms in total. The first-order valence-corrected chi connectivity index (χ1v) is 7.06. The van der Waals surface area contributed by atoms with Gasteiger partial charge in [0.1, 0.15) is 16.4 Å². The lowest BCUT2D eigenvalue weighted by Crippen LogP contribution is -2.28. The number of rotatable bonds is 5. The van der Waals surface area contributed by atoms with E-state index in [1.165, 1.54) is 0 Å². The molecule has 0 aromatic carbocycles. The summed E-state index contributed by atoms with van der Waals surface area (Å²) in [5.74, 6) is 1.20. The van der Waals surface area contributed by atoms with E-state index < -0.39 is 10.0 Å². The van der Waals surface area contributed by atoms with Gasteiger partial charge in [-0.1, -0.05) is 13.8 Å². The van der Waals surface area contributed by atoms with Crippen molar-refractivity contribution in [3.05, 3.63) is 17.1 Å². The lowest BCUT2D eigenvalue weighted by atomic mass is 10.2. The van der Waals surface area contributed by atoms with Crippen molar-refractivity contribution in [3.63, 3.8) is 0 Å². The van der Waals surface area contributed by atoms with E-state index in [4.69, 9.17) is 10.2 Å². The molecule has 1 aromatic heterocycles. The third-order valence-electron chi connectivity index (χ3n) is 2.48. The summed E-state index contributed by atoms with van der Waals surface area (Å²) in [4.78, 5) is 0.193. The van der Waals surface area contributed by atoms with Crippen LogP contribution < -0.4 is 10.5 Å². The molecule has 0 bridgehead atoms. The topological polar surface area (TPSA) is 85.3 Å². The van der Waals surface area contributed by atoms with Crippen LogP contribution in [-0.4, -0.2) is 15.0 Å². The van der Waals surface area contributed by atoms with Crippen LogP contribution in [0.5, 0.6) is 0 Å². The first kappa shape index (κ1) is 14.2. The summed E-state index contributed by atoms with van der Waals surface area (Å²) in [6.07, 6.45) is 0. The normalized spacial score (nSPS) is 12.4. The second-order valence-corrected chi connectivity index (χ2v) is 6.18. The van der Waals surface area contributed by atoms with Crippen LogP contribution in [0, 0.1) is 19.8 Å². The Labute approximate surface area is 102 Å². The van der Waals surface area contributed by atoms with Gasteiger partial charge in [-0.05, 0) is 19.8 Å². The molecule has 98 valence electrons. The highest BCUT2D eigenvalue weighted by atomic mass is 32.2. The monoisotopic (exact) mass is 260 g/mol. The Balaban J connectivity index is 3.14. The minimum atomic E-state index is -3.53. The van der Waals surface area contributed by atoms with Crippen molar-refractivity contribution in [2.45, 2.75) is 39.1 Å². The number of hydrogen-bond donors (Lipinski definition) is 2. The van der Waals surface area contributed by atoms with E-state index in [0.29, 0.717) is 23.6 Å². The van der Waals surface area contributed by atoms with Crippen LogP contribution in [0.1, 0.15) is 30.9 Å². The molecular weight excluding hydrogens is 240 g/mol. The second kappa shape index (κ2) is 5.20. The fourth-order valence-corrected chi connectivity index (χ4v) is 3.31. The Morgan fingerprint density at radius 3 is 2.35 bits per heavy atom. The second-order valence-electron chi connectivity index (χ2n) is 4.47. The van der Waals surface area contributed by atoms with Gasteiger partial charge in [0.25, 0.3) is 0 Å². The van der Waals surface area contributed by atoms with Crippen LogP contribution in [0.15, 0.2) is 9.31 Å². The van der Waals surface area contributed by atoms with Crippen molar-refractivity contribution in [1.82, 2.24) is 4.72 Å². The van der Waals surface area contributed by atoms with Crippen LogP contribution in [-0.2, 0) is 16.6 Å². The third-order valence-corrected chi connectivity index (χ3v) is 4.10. The predicted octanol–water partition coefficient (Wildman–Crippen LogP) is 1.29. The summed E-state index contributed by atoms with van der Waals surface area (Å²) >= 11 is 0. The van der Waals surface area contributed by atoms with Crippen LogP contribution >= 0.6 is 0 Å². The highest BCUT2D eigenvalue weighted by molar-refractivity contribution is 7.89. The maximum Gasteiger partial charge on any atom is 0.244 e. The lowest BCUT2D eigenvalue weighted by Gasteiger charge is -2.09. The van der Waals surface area contributed by atoms with Crippen molar-refractivity contribution < 1.29 is 12.8 Å². The van der Waals surface area contributed by atoms with Crippen LogP contribution in [0.4, 0.5) is 0 Å². The highest BCUT2D eigenvalue weighted by Crippen LogP contribution is 2.25. The minimum Gasteiger partial charge on any atom is -0.465 e. The minimum absolute atomic E-state index is 0.154. The fraction of sp³-hybridized carbons (Fsp3) is 0.636. The van der Waals surface area contributed by atoms with Crippen molar-refractivity contribution in [3.8, 4) is 0 Å². The first-order chi connectivity index (χ1) is 7.79. The first-order valence-electron chi connectivity index (χ1n) is 5.58. The number of aryl methyl sites for hydroxylation is 2. The average Bonchev–Trinajstić information content (AvgIpc) is 2.50. The van der Waals surface area contributed by atoms with Crippen molar-refractivity contribution in [2.24, 2.45) is 11.7 Å². The quantitative estimate of drug-likeness (QED) is 0.835. The molecule has 0 fully saturated rings. The number of furan rings is 1. The van der Waals surface area contributed by atoms with Gasteiger partial charge in [-0.25, -0.2) is 13.1 Å². The third kappa shape index (κ3) is 3.08. The standard InChI is InChI=1S/C11H20N2O3S/c1-7(2)6-13-17(14,15)11-9(4)16-8(3)10(11)5-12/h7,13H,5-6,12H2,1-4H3. The Kier molecular flexibility index (Phi) is 4.35. The molecule has 0 aliphatic carbocycles. The highest BCUT2D eigenvalue weighted by Gasteiger charge is 2.25. The summed E-state index contributed by atoms with van der Waals surface area (Å²) in [5, 5.41) is 0. The van der Waals surface area contributed by atoms with Gasteiger partial charge >= 0.3 is 0 Å². The predicted molar refractivity (Wildman–Crippen MR) is 66.1 cm³/mol. The molecule has 3 N–H and O–H groups in total. The van der Waals surface area contributed by atoms with Crippen molar-refractivity contribution in [1.29, 1.82) is 0 Å². The fourth-order valence-electron chi connectivity index (χ4n) is 1.65. The molecule has 1 aromatic rings. The molecule has 1 rings (SSSR count). The molecule has 0 aliphatic rings. The number of sulfonamides is 1. The summed E-state index contributed by atoms with van der Waals surface area (Å²) < 4.78 is 32.1. The Hall–Kier alpha value is -0.850. The van der Waals surface area contributed by atoms with Gasteiger partial charge in [-0.2, -0.15) is 0 Å². The van der Waals surface area contributed by atoms with Crippen molar-refractivity contribution in [2.75, 3.05) is 6.54 Å². The van der Waals surface area contributed by atoms with Crippen molar-refractivity contribution >= 4 is 10.0 Å². The molecule has 0 amide bonds. The van der Waals surface area contributed by atoms with E-state index in [9.17, 15) is 8.42 Å². The number of nitrogens with one attached hydrogen (secondary N) is 1. The number of nitrogens with two attached hydrogens (primary N) is 1.